The van der Waals surface area contributed by atoms with E-state index in [0.29, 0.717) is 9.13 Å². The Kier molecular flexibility index (Phi) is 3.66. The predicted molar refractivity (Wildman–Crippen MR) is 60.1 cm³/mol. The minimum Gasteiger partial charge on any atom is -0.258 e. The van der Waals surface area contributed by atoms with E-state index in [1.54, 1.807) is 0 Å². The number of nitrogens with zero attached hydrogens (tertiary/aromatic N) is 2. The van der Waals surface area contributed by atoms with Gasteiger partial charge in [-0.25, -0.2) is 0 Å². The van der Waals surface area contributed by atoms with Crippen molar-refractivity contribution in [3.8, 4) is 6.07 Å². The second kappa shape index (κ2) is 4.57. The summed E-state index contributed by atoms with van der Waals surface area (Å²) in [4.78, 5) is 9.95. The van der Waals surface area contributed by atoms with E-state index in [4.69, 9.17) is 16.9 Å². The van der Waals surface area contributed by atoms with Crippen LogP contribution in [0.1, 0.15) is 11.1 Å². The van der Waals surface area contributed by atoms with Crippen molar-refractivity contribution in [3.05, 3.63) is 36.9 Å². The summed E-state index contributed by atoms with van der Waals surface area (Å²) in [5.41, 5.74) is 0.818. The Morgan fingerprint density at radius 1 is 1.64 bits per heavy atom. The highest BCUT2D eigenvalue weighted by molar-refractivity contribution is 14.1. The third kappa shape index (κ3) is 2.13. The summed E-state index contributed by atoms with van der Waals surface area (Å²) in [5.74, 6) is 0.180. The van der Waals surface area contributed by atoms with E-state index >= 15 is 0 Å². The molecule has 0 spiro atoms. The average molecular weight is 322 g/mol. The molecule has 0 N–H and O–H groups in total. The van der Waals surface area contributed by atoms with Crippen molar-refractivity contribution in [2.24, 2.45) is 0 Å². The van der Waals surface area contributed by atoms with E-state index in [2.05, 4.69) is 0 Å². The van der Waals surface area contributed by atoms with E-state index in [1.165, 1.54) is 12.1 Å². The molecule has 1 rings (SSSR count). The van der Waals surface area contributed by atoms with Crippen LogP contribution in [0.5, 0.6) is 0 Å². The number of hydrogen-bond donors (Lipinski definition) is 0. The molecule has 14 heavy (non-hydrogen) atoms. The maximum atomic E-state index is 10.5. The maximum Gasteiger partial charge on any atom is 0.271 e. The summed E-state index contributed by atoms with van der Waals surface area (Å²) in [6.07, 6.45) is 0. The van der Waals surface area contributed by atoms with Gasteiger partial charge < -0.3 is 0 Å². The Labute approximate surface area is 98.8 Å². The van der Waals surface area contributed by atoms with Gasteiger partial charge >= 0.3 is 0 Å². The fourth-order valence-electron chi connectivity index (χ4n) is 0.963. The molecule has 72 valence electrons. The first-order chi connectivity index (χ1) is 6.60. The number of benzene rings is 1. The van der Waals surface area contributed by atoms with Crippen molar-refractivity contribution in [2.45, 2.75) is 5.88 Å². The van der Waals surface area contributed by atoms with Crippen LogP contribution in [0, 0.1) is 25.0 Å². The molecule has 0 aliphatic rings. The molecule has 0 unspecified atom stereocenters. The quantitative estimate of drug-likeness (QED) is 0.364. The van der Waals surface area contributed by atoms with Crippen molar-refractivity contribution < 1.29 is 4.92 Å². The molecule has 0 bridgehead atoms. The van der Waals surface area contributed by atoms with Gasteiger partial charge in [0.15, 0.2) is 0 Å². The number of halogens is 2. The molecule has 1 aromatic carbocycles. The molecule has 0 radical (unpaired) electrons. The zero-order chi connectivity index (χ0) is 10.7. The molecular formula is C8H4ClIN2O2. The van der Waals surface area contributed by atoms with Crippen molar-refractivity contribution in [2.75, 3.05) is 0 Å². The molecule has 0 saturated carbocycles. The number of nitro groups is 1. The van der Waals surface area contributed by atoms with Gasteiger partial charge in [-0.15, -0.1) is 11.6 Å². The minimum atomic E-state index is -0.527. The van der Waals surface area contributed by atoms with Crippen LogP contribution in [-0.2, 0) is 5.88 Å². The number of non-ortho nitro benzene ring substituents is 1. The molecule has 0 saturated heterocycles. The Balaban J connectivity index is 3.41. The molecule has 0 heterocycles. The average Bonchev–Trinajstić information content (AvgIpc) is 2.16. The largest absolute Gasteiger partial charge is 0.271 e. The van der Waals surface area contributed by atoms with Gasteiger partial charge in [-0.2, -0.15) is 5.26 Å². The zero-order valence-corrected chi connectivity index (χ0v) is 9.74. The van der Waals surface area contributed by atoms with E-state index in [9.17, 15) is 10.1 Å². The lowest BCUT2D eigenvalue weighted by Gasteiger charge is -2.02. The van der Waals surface area contributed by atoms with Gasteiger partial charge in [-0.05, 0) is 28.2 Å². The van der Waals surface area contributed by atoms with Crippen molar-refractivity contribution in [1.82, 2.24) is 0 Å². The fourth-order valence-corrected chi connectivity index (χ4v) is 2.28. The first-order valence-electron chi connectivity index (χ1n) is 3.53. The third-order valence-electron chi connectivity index (χ3n) is 1.65. The molecule has 6 heteroatoms. The molecule has 0 fully saturated rings. The minimum absolute atomic E-state index is 0.0835. The molecule has 0 atom stereocenters. The molecule has 0 aliphatic carbocycles. The van der Waals surface area contributed by atoms with E-state index in [-0.39, 0.29) is 17.1 Å². The van der Waals surface area contributed by atoms with E-state index in [1.807, 2.05) is 28.7 Å². The monoisotopic (exact) mass is 322 g/mol. The lowest BCUT2D eigenvalue weighted by Crippen LogP contribution is -1.95. The summed E-state index contributed by atoms with van der Waals surface area (Å²) in [5, 5.41) is 19.2. The van der Waals surface area contributed by atoms with E-state index in [0.717, 1.165) is 0 Å². The SMILES string of the molecule is N#Cc1cc([N+](=O)[O-])cc(I)c1CCl. The van der Waals surface area contributed by atoms with Gasteiger partial charge in [0, 0.05) is 21.6 Å². The molecule has 0 aliphatic heterocycles. The van der Waals surface area contributed by atoms with Crippen LogP contribution < -0.4 is 0 Å². The second-order valence-electron chi connectivity index (χ2n) is 2.46. The fraction of sp³-hybridized carbons (Fsp3) is 0.125. The number of rotatable bonds is 2. The van der Waals surface area contributed by atoms with Crippen LogP contribution in [0.25, 0.3) is 0 Å². The Bertz CT molecular complexity index is 428. The summed E-state index contributed by atoms with van der Waals surface area (Å²) in [6.45, 7) is 0. The van der Waals surface area contributed by atoms with Crippen molar-refractivity contribution in [1.29, 1.82) is 5.26 Å². The van der Waals surface area contributed by atoms with Crippen LogP contribution in [-0.4, -0.2) is 4.92 Å². The topological polar surface area (TPSA) is 66.9 Å². The Morgan fingerprint density at radius 2 is 2.29 bits per heavy atom. The van der Waals surface area contributed by atoms with Crippen LogP contribution in [0.2, 0.25) is 0 Å². The van der Waals surface area contributed by atoms with Crippen molar-refractivity contribution >= 4 is 39.9 Å². The first-order valence-corrected chi connectivity index (χ1v) is 5.14. The number of alkyl halides is 1. The van der Waals surface area contributed by atoms with Crippen molar-refractivity contribution in [3.63, 3.8) is 0 Å². The Hall–Kier alpha value is -0.870. The smallest absolute Gasteiger partial charge is 0.258 e. The molecule has 0 amide bonds. The van der Waals surface area contributed by atoms with Gasteiger partial charge in [-0.3, -0.25) is 10.1 Å². The highest BCUT2D eigenvalue weighted by Gasteiger charge is 2.14. The molecular weight excluding hydrogens is 318 g/mol. The highest BCUT2D eigenvalue weighted by Crippen LogP contribution is 2.24. The summed E-state index contributed by atoms with van der Waals surface area (Å²) < 4.78 is 0.642. The number of nitro benzene ring substituents is 1. The highest BCUT2D eigenvalue weighted by atomic mass is 127. The molecule has 4 nitrogen and oxygen atoms in total. The lowest BCUT2D eigenvalue weighted by atomic mass is 10.1. The summed E-state index contributed by atoms with van der Waals surface area (Å²) in [6, 6.07) is 4.53. The van der Waals surface area contributed by atoms with Crippen LogP contribution >= 0.6 is 34.2 Å². The lowest BCUT2D eigenvalue weighted by molar-refractivity contribution is -0.385. The van der Waals surface area contributed by atoms with Gasteiger partial charge in [0.2, 0.25) is 0 Å². The van der Waals surface area contributed by atoms with Gasteiger partial charge in [-0.1, -0.05) is 0 Å². The first kappa shape index (κ1) is 11.2. The zero-order valence-electron chi connectivity index (χ0n) is 6.83. The third-order valence-corrected chi connectivity index (χ3v) is 2.87. The van der Waals surface area contributed by atoms with Gasteiger partial charge in [0.25, 0.3) is 5.69 Å². The molecule has 0 aromatic heterocycles. The van der Waals surface area contributed by atoms with Crippen LogP contribution in [0.3, 0.4) is 0 Å². The Morgan fingerprint density at radius 3 is 2.71 bits per heavy atom. The summed E-state index contributed by atoms with van der Waals surface area (Å²) >= 11 is 7.55. The number of nitriles is 1. The normalized spacial score (nSPS) is 9.50. The van der Waals surface area contributed by atoms with E-state index < -0.39 is 4.92 Å². The summed E-state index contributed by atoms with van der Waals surface area (Å²) in [7, 11) is 0. The van der Waals surface area contributed by atoms with Crippen LogP contribution in [0.4, 0.5) is 5.69 Å². The number of hydrogen-bond acceptors (Lipinski definition) is 3. The standard InChI is InChI=1S/C8H4ClIN2O2/c9-3-7-5(4-11)1-6(12(13)14)2-8(7)10/h1-2H,3H2. The predicted octanol–water partition coefficient (Wildman–Crippen LogP) is 2.81. The van der Waals surface area contributed by atoms with Crippen LogP contribution in [0.15, 0.2) is 12.1 Å². The molecule has 1 aromatic rings. The van der Waals surface area contributed by atoms with Gasteiger partial charge in [0.05, 0.1) is 16.6 Å². The maximum absolute atomic E-state index is 10.5. The second-order valence-corrected chi connectivity index (χ2v) is 3.89. The van der Waals surface area contributed by atoms with Gasteiger partial charge in [0.1, 0.15) is 0 Å².